The summed E-state index contributed by atoms with van der Waals surface area (Å²) in [5.41, 5.74) is 1.11. The monoisotopic (exact) mass is 278 g/mol. The number of Topliss-reactive ketones (excluding diaryl/α,β-unsaturated/α-hetero) is 1. The van der Waals surface area contributed by atoms with Crippen LogP contribution >= 0.6 is 0 Å². The minimum Gasteiger partial charge on any atom is -0.355 e. The highest BCUT2D eigenvalue weighted by Crippen LogP contribution is 2.28. The third-order valence-corrected chi connectivity index (χ3v) is 3.25. The lowest BCUT2D eigenvalue weighted by Gasteiger charge is -2.26. The van der Waals surface area contributed by atoms with Gasteiger partial charge in [-0.25, -0.2) is 0 Å². The van der Waals surface area contributed by atoms with Gasteiger partial charge in [0.05, 0.1) is 24.5 Å². The van der Waals surface area contributed by atoms with Crippen molar-refractivity contribution in [2.24, 2.45) is 0 Å². The Morgan fingerprint density at radius 1 is 1.20 bits per heavy atom. The van der Waals surface area contributed by atoms with Crippen LogP contribution in [0, 0.1) is 0 Å². The fraction of sp³-hybridized carbons (Fsp3) is 0.429. The number of hydrogen-bond donors (Lipinski definition) is 0. The molecule has 1 aliphatic heterocycles. The van der Waals surface area contributed by atoms with E-state index in [0.29, 0.717) is 24.5 Å². The maximum atomic E-state index is 12.0. The van der Waals surface area contributed by atoms with E-state index in [9.17, 15) is 9.59 Å². The van der Waals surface area contributed by atoms with Crippen LogP contribution in [0.5, 0.6) is 0 Å². The van der Waals surface area contributed by atoms with Crippen molar-refractivity contribution >= 4 is 17.4 Å². The van der Waals surface area contributed by atoms with Gasteiger partial charge < -0.3 is 9.47 Å². The molecule has 0 bridgehead atoms. The van der Waals surface area contributed by atoms with Gasteiger partial charge in [-0.3, -0.25) is 19.4 Å². The quantitative estimate of drug-likeness (QED) is 0.567. The summed E-state index contributed by atoms with van der Waals surface area (Å²) in [4.78, 5) is 27.2. The second-order valence-corrected chi connectivity index (χ2v) is 4.66. The first kappa shape index (κ1) is 14.6. The fourth-order valence-corrected chi connectivity index (χ4v) is 2.19. The van der Waals surface area contributed by atoms with E-state index < -0.39 is 11.7 Å². The van der Waals surface area contributed by atoms with Crippen LogP contribution in [0.1, 0.15) is 10.4 Å². The summed E-state index contributed by atoms with van der Waals surface area (Å²) >= 11 is 0. The van der Waals surface area contributed by atoms with Crippen molar-refractivity contribution in [3.05, 3.63) is 29.8 Å². The van der Waals surface area contributed by atoms with Crippen molar-refractivity contribution in [1.82, 2.24) is 4.90 Å². The molecule has 0 aromatic heterocycles. The van der Waals surface area contributed by atoms with Crippen LogP contribution in [0.4, 0.5) is 5.69 Å². The van der Waals surface area contributed by atoms with Crippen molar-refractivity contribution in [3.63, 3.8) is 0 Å². The van der Waals surface area contributed by atoms with E-state index in [1.54, 1.807) is 32.4 Å². The Morgan fingerprint density at radius 2 is 1.85 bits per heavy atom. The number of ketones is 1. The standard InChI is InChI=1S/C14H18N2O4/c1-15(8-12(19-2)20-3)9-16-11-7-5-4-6-10(11)13(17)14(16)18/h4-7,12H,8-9H2,1-3H3. The Bertz CT molecular complexity index is 514. The van der Waals surface area contributed by atoms with Crippen molar-refractivity contribution in [2.75, 3.05) is 39.4 Å². The first-order valence-corrected chi connectivity index (χ1v) is 6.27. The molecule has 20 heavy (non-hydrogen) atoms. The van der Waals surface area contributed by atoms with Crippen molar-refractivity contribution in [2.45, 2.75) is 6.29 Å². The number of fused-ring (bicyclic) bond motifs is 1. The van der Waals surface area contributed by atoms with Crippen LogP contribution in [0.25, 0.3) is 0 Å². The summed E-state index contributed by atoms with van der Waals surface area (Å²) in [5.74, 6) is -0.950. The predicted molar refractivity (Wildman–Crippen MR) is 73.6 cm³/mol. The molecule has 0 N–H and O–H groups in total. The van der Waals surface area contributed by atoms with E-state index in [1.807, 2.05) is 18.0 Å². The molecule has 1 aromatic carbocycles. The Balaban J connectivity index is 2.10. The number of ether oxygens (including phenoxy) is 2. The van der Waals surface area contributed by atoms with Gasteiger partial charge in [0.25, 0.3) is 5.78 Å². The molecular formula is C14H18N2O4. The van der Waals surface area contributed by atoms with Crippen LogP contribution in [-0.2, 0) is 14.3 Å². The maximum Gasteiger partial charge on any atom is 0.300 e. The molecule has 1 heterocycles. The lowest BCUT2D eigenvalue weighted by molar-refractivity contribution is -0.118. The molecule has 2 rings (SSSR count). The number of nitrogens with zero attached hydrogens (tertiary/aromatic N) is 2. The Kier molecular flexibility index (Phi) is 4.49. The first-order chi connectivity index (χ1) is 9.58. The number of likely N-dealkylation sites (N-methyl/N-ethyl adjacent to an activating group) is 1. The van der Waals surface area contributed by atoms with Gasteiger partial charge in [-0.1, -0.05) is 12.1 Å². The van der Waals surface area contributed by atoms with E-state index in [-0.39, 0.29) is 6.29 Å². The molecule has 0 unspecified atom stereocenters. The summed E-state index contributed by atoms with van der Waals surface area (Å²) in [6.07, 6.45) is -0.372. The van der Waals surface area contributed by atoms with E-state index in [0.717, 1.165) is 0 Å². The molecule has 1 amide bonds. The Hall–Kier alpha value is -1.76. The highest BCUT2D eigenvalue weighted by Gasteiger charge is 2.35. The average molecular weight is 278 g/mol. The van der Waals surface area contributed by atoms with E-state index in [4.69, 9.17) is 9.47 Å². The third-order valence-electron chi connectivity index (χ3n) is 3.25. The zero-order valence-corrected chi connectivity index (χ0v) is 11.8. The molecule has 6 heteroatoms. The van der Waals surface area contributed by atoms with Crippen LogP contribution in [0.3, 0.4) is 0 Å². The van der Waals surface area contributed by atoms with Gasteiger partial charge in [0.1, 0.15) is 0 Å². The number of benzene rings is 1. The van der Waals surface area contributed by atoms with Crippen LogP contribution in [0.2, 0.25) is 0 Å². The Labute approximate surface area is 117 Å². The highest BCUT2D eigenvalue weighted by molar-refractivity contribution is 6.52. The zero-order chi connectivity index (χ0) is 14.7. The molecule has 1 aliphatic rings. The maximum absolute atomic E-state index is 12.0. The topological polar surface area (TPSA) is 59.1 Å². The molecule has 0 fully saturated rings. The van der Waals surface area contributed by atoms with Crippen molar-refractivity contribution in [3.8, 4) is 0 Å². The van der Waals surface area contributed by atoms with E-state index in [1.165, 1.54) is 4.90 Å². The molecule has 1 aromatic rings. The van der Waals surface area contributed by atoms with Gasteiger partial charge in [-0.15, -0.1) is 0 Å². The van der Waals surface area contributed by atoms with Crippen LogP contribution in [-0.4, -0.2) is 57.4 Å². The summed E-state index contributed by atoms with van der Waals surface area (Å²) in [6, 6.07) is 7.01. The molecule has 0 radical (unpaired) electrons. The minimum absolute atomic E-state index is 0.310. The highest BCUT2D eigenvalue weighted by atomic mass is 16.7. The molecule has 108 valence electrons. The number of amides is 1. The average Bonchev–Trinajstić information content (AvgIpc) is 2.70. The lowest BCUT2D eigenvalue weighted by Crippen LogP contribution is -2.42. The number of anilines is 1. The second kappa shape index (κ2) is 6.13. The number of rotatable bonds is 6. The molecule has 0 saturated carbocycles. The minimum atomic E-state index is -0.496. The number of para-hydroxylation sites is 1. The SMILES string of the molecule is COC(CN(C)CN1C(=O)C(=O)c2ccccc21)OC. The largest absolute Gasteiger partial charge is 0.355 e. The molecule has 0 aliphatic carbocycles. The van der Waals surface area contributed by atoms with Crippen LogP contribution in [0.15, 0.2) is 24.3 Å². The van der Waals surface area contributed by atoms with Gasteiger partial charge in [0, 0.05) is 14.2 Å². The second-order valence-electron chi connectivity index (χ2n) is 4.66. The van der Waals surface area contributed by atoms with Crippen molar-refractivity contribution < 1.29 is 19.1 Å². The molecule has 0 atom stereocenters. The van der Waals surface area contributed by atoms with Gasteiger partial charge >= 0.3 is 5.91 Å². The van der Waals surface area contributed by atoms with E-state index >= 15 is 0 Å². The predicted octanol–water partition coefficient (Wildman–Crippen LogP) is 0.724. The number of methoxy groups -OCH3 is 2. The molecular weight excluding hydrogens is 260 g/mol. The van der Waals surface area contributed by atoms with Gasteiger partial charge in [-0.05, 0) is 19.2 Å². The summed E-state index contributed by atoms with van der Waals surface area (Å²) in [6.45, 7) is 0.804. The van der Waals surface area contributed by atoms with Gasteiger partial charge in [-0.2, -0.15) is 0 Å². The van der Waals surface area contributed by atoms with Gasteiger partial charge in [0.2, 0.25) is 0 Å². The molecule has 6 nitrogen and oxygen atoms in total. The summed E-state index contributed by atoms with van der Waals surface area (Å²) in [5, 5.41) is 0. The van der Waals surface area contributed by atoms with Crippen LogP contribution < -0.4 is 4.90 Å². The van der Waals surface area contributed by atoms with Gasteiger partial charge in [0.15, 0.2) is 6.29 Å². The number of carbonyl (C=O) groups excluding carboxylic acids is 2. The summed E-state index contributed by atoms with van der Waals surface area (Å²) < 4.78 is 10.2. The fourth-order valence-electron chi connectivity index (χ4n) is 2.19. The number of hydrogen-bond acceptors (Lipinski definition) is 5. The lowest BCUT2D eigenvalue weighted by atomic mass is 10.1. The normalized spacial score (nSPS) is 14.6. The third kappa shape index (κ3) is 2.72. The molecule has 0 saturated heterocycles. The van der Waals surface area contributed by atoms with E-state index in [2.05, 4.69) is 0 Å². The first-order valence-electron chi connectivity index (χ1n) is 6.27. The smallest absolute Gasteiger partial charge is 0.300 e. The zero-order valence-electron chi connectivity index (χ0n) is 11.8. The Morgan fingerprint density at radius 3 is 2.50 bits per heavy atom. The number of carbonyl (C=O) groups is 2. The molecule has 0 spiro atoms. The van der Waals surface area contributed by atoms with Crippen molar-refractivity contribution in [1.29, 1.82) is 0 Å². The summed E-state index contributed by atoms with van der Waals surface area (Å²) in [7, 11) is 4.95.